The number of amides is 2. The van der Waals surface area contributed by atoms with Gasteiger partial charge < -0.3 is 14.6 Å². The molecule has 0 saturated carbocycles. The van der Waals surface area contributed by atoms with Crippen molar-refractivity contribution in [3.63, 3.8) is 0 Å². The van der Waals surface area contributed by atoms with Crippen molar-refractivity contribution in [2.75, 3.05) is 19.6 Å². The van der Waals surface area contributed by atoms with Crippen LogP contribution in [0.3, 0.4) is 0 Å². The Labute approximate surface area is 194 Å². The van der Waals surface area contributed by atoms with Crippen LogP contribution in [0.4, 0.5) is 5.88 Å². The fourth-order valence-electron chi connectivity index (χ4n) is 3.98. The topological polar surface area (TPSA) is 119 Å². The van der Waals surface area contributed by atoms with Crippen molar-refractivity contribution in [2.45, 2.75) is 32.1 Å². The van der Waals surface area contributed by atoms with E-state index in [4.69, 9.17) is 4.42 Å². The zero-order valence-corrected chi connectivity index (χ0v) is 19.0. The summed E-state index contributed by atoms with van der Waals surface area (Å²) < 4.78 is 5.05. The SMILES string of the molecule is Cc1ccc(C(=O)NCCc2cccs2)c(C2CCN(C(=O)c3ccc([N+](=O)[O-])o3)CC2)n1. The molecule has 0 atom stereocenters. The fourth-order valence-corrected chi connectivity index (χ4v) is 4.69. The molecule has 4 heterocycles. The lowest BCUT2D eigenvalue weighted by atomic mass is 9.89. The maximum absolute atomic E-state index is 12.9. The van der Waals surface area contributed by atoms with Gasteiger partial charge in [-0.2, -0.15) is 0 Å². The van der Waals surface area contributed by atoms with E-state index in [1.165, 1.54) is 17.0 Å². The normalized spacial score (nSPS) is 14.3. The highest BCUT2D eigenvalue weighted by Gasteiger charge is 2.30. The molecule has 33 heavy (non-hydrogen) atoms. The number of hydrogen-bond donors (Lipinski definition) is 1. The summed E-state index contributed by atoms with van der Waals surface area (Å²) in [4.78, 5) is 43.2. The molecule has 2 amide bonds. The maximum atomic E-state index is 12.9. The van der Waals surface area contributed by atoms with Gasteiger partial charge in [-0.1, -0.05) is 6.07 Å². The number of carbonyl (C=O) groups is 2. The number of carbonyl (C=O) groups excluding carboxylic acids is 2. The Bertz CT molecular complexity index is 1150. The molecule has 0 aliphatic carbocycles. The third-order valence-corrected chi connectivity index (χ3v) is 6.63. The van der Waals surface area contributed by atoms with Gasteiger partial charge >= 0.3 is 5.88 Å². The monoisotopic (exact) mass is 468 g/mol. The van der Waals surface area contributed by atoms with Crippen LogP contribution < -0.4 is 5.32 Å². The standard InChI is InChI=1S/C23H24N4O5S/c1-15-4-5-18(22(28)24-11-8-17-3-2-14-33-17)21(25-15)16-9-12-26(13-10-16)23(29)19-6-7-20(32-19)27(30)31/h2-7,14,16H,8-13H2,1H3,(H,24,28). The van der Waals surface area contributed by atoms with E-state index >= 15 is 0 Å². The molecule has 3 aromatic rings. The minimum Gasteiger partial charge on any atom is -0.395 e. The van der Waals surface area contributed by atoms with E-state index in [2.05, 4.69) is 10.3 Å². The molecule has 4 rings (SSSR count). The number of thiophene rings is 1. The zero-order valence-electron chi connectivity index (χ0n) is 18.2. The third-order valence-electron chi connectivity index (χ3n) is 5.70. The van der Waals surface area contributed by atoms with E-state index in [1.54, 1.807) is 16.2 Å². The fraction of sp³-hybridized carbons (Fsp3) is 0.348. The molecule has 3 aromatic heterocycles. The number of pyridine rings is 1. The summed E-state index contributed by atoms with van der Waals surface area (Å²) in [7, 11) is 0. The molecule has 1 saturated heterocycles. The van der Waals surface area contributed by atoms with Crippen LogP contribution in [0.5, 0.6) is 0 Å². The van der Waals surface area contributed by atoms with Gasteiger partial charge in [-0.25, -0.2) is 0 Å². The second-order valence-corrected chi connectivity index (χ2v) is 8.96. The minimum absolute atomic E-state index is 0.0398. The van der Waals surface area contributed by atoms with Gasteiger partial charge in [-0.15, -0.1) is 11.3 Å². The number of rotatable bonds is 7. The summed E-state index contributed by atoms with van der Waals surface area (Å²) in [6, 6.07) is 10.2. The number of piperidine rings is 1. The first-order chi connectivity index (χ1) is 15.9. The van der Waals surface area contributed by atoms with E-state index in [0.717, 1.165) is 17.8 Å². The number of aromatic nitrogens is 1. The van der Waals surface area contributed by atoms with Crippen LogP contribution >= 0.6 is 11.3 Å². The number of aryl methyl sites for hydroxylation is 1. The van der Waals surface area contributed by atoms with Crippen LogP contribution in [-0.4, -0.2) is 46.3 Å². The highest BCUT2D eigenvalue weighted by atomic mass is 32.1. The van der Waals surface area contributed by atoms with Crippen LogP contribution in [0.1, 0.15) is 55.9 Å². The first-order valence-electron chi connectivity index (χ1n) is 10.7. The van der Waals surface area contributed by atoms with E-state index in [-0.39, 0.29) is 23.5 Å². The highest BCUT2D eigenvalue weighted by Crippen LogP contribution is 2.30. The Hall–Kier alpha value is -3.53. The first kappa shape index (κ1) is 22.7. The Morgan fingerprint density at radius 2 is 2.03 bits per heavy atom. The summed E-state index contributed by atoms with van der Waals surface area (Å²) in [6.07, 6.45) is 2.06. The van der Waals surface area contributed by atoms with Crippen molar-refractivity contribution in [1.82, 2.24) is 15.2 Å². The van der Waals surface area contributed by atoms with Crippen molar-refractivity contribution in [3.05, 3.63) is 79.5 Å². The maximum Gasteiger partial charge on any atom is 0.433 e. The number of nitrogens with zero attached hydrogens (tertiary/aromatic N) is 3. The number of nitrogens with one attached hydrogen (secondary N) is 1. The molecular formula is C23H24N4O5S. The second-order valence-electron chi connectivity index (χ2n) is 7.93. The van der Waals surface area contributed by atoms with Crippen LogP contribution in [0.15, 0.2) is 46.2 Å². The van der Waals surface area contributed by atoms with Gasteiger partial charge in [0.1, 0.15) is 4.92 Å². The van der Waals surface area contributed by atoms with Crippen molar-refractivity contribution >= 4 is 29.0 Å². The lowest BCUT2D eigenvalue weighted by Gasteiger charge is -2.32. The molecule has 0 bridgehead atoms. The lowest BCUT2D eigenvalue weighted by Crippen LogP contribution is -2.38. The van der Waals surface area contributed by atoms with E-state index in [9.17, 15) is 19.7 Å². The predicted octanol–water partition coefficient (Wildman–Crippen LogP) is 3.95. The van der Waals surface area contributed by atoms with E-state index in [1.807, 2.05) is 36.6 Å². The molecule has 1 fully saturated rings. The minimum atomic E-state index is -0.667. The molecule has 1 aliphatic rings. The first-order valence-corrected chi connectivity index (χ1v) is 11.6. The van der Waals surface area contributed by atoms with Gasteiger partial charge in [-0.05, 0) is 55.8 Å². The van der Waals surface area contributed by atoms with Crippen LogP contribution in [0.2, 0.25) is 0 Å². The van der Waals surface area contributed by atoms with Crippen molar-refractivity contribution in [2.24, 2.45) is 0 Å². The predicted molar refractivity (Wildman–Crippen MR) is 123 cm³/mol. The molecule has 172 valence electrons. The quantitative estimate of drug-likeness (QED) is 0.414. The number of furan rings is 1. The number of hydrogen-bond acceptors (Lipinski definition) is 7. The molecule has 9 nitrogen and oxygen atoms in total. The van der Waals surface area contributed by atoms with Crippen molar-refractivity contribution < 1.29 is 18.9 Å². The summed E-state index contributed by atoms with van der Waals surface area (Å²) >= 11 is 1.67. The molecule has 1 N–H and O–H groups in total. The Morgan fingerprint density at radius 1 is 1.24 bits per heavy atom. The van der Waals surface area contributed by atoms with Crippen molar-refractivity contribution in [1.29, 1.82) is 0 Å². The smallest absolute Gasteiger partial charge is 0.395 e. The van der Waals surface area contributed by atoms with Gasteiger partial charge in [0.2, 0.25) is 0 Å². The van der Waals surface area contributed by atoms with Gasteiger partial charge in [0.05, 0.1) is 17.3 Å². The summed E-state index contributed by atoms with van der Waals surface area (Å²) in [5, 5.41) is 15.8. The van der Waals surface area contributed by atoms with Gasteiger partial charge in [0, 0.05) is 36.1 Å². The molecule has 10 heteroatoms. The third kappa shape index (κ3) is 5.28. The molecular weight excluding hydrogens is 444 g/mol. The van der Waals surface area contributed by atoms with Gasteiger partial charge in [0.25, 0.3) is 11.8 Å². The molecule has 0 spiro atoms. The average molecular weight is 469 g/mol. The molecule has 0 aromatic carbocycles. The van der Waals surface area contributed by atoms with E-state index in [0.29, 0.717) is 38.0 Å². The van der Waals surface area contributed by atoms with E-state index < -0.39 is 10.8 Å². The number of nitro groups is 1. The Morgan fingerprint density at radius 3 is 2.70 bits per heavy atom. The largest absolute Gasteiger partial charge is 0.433 e. The van der Waals surface area contributed by atoms with Crippen LogP contribution in [0.25, 0.3) is 0 Å². The summed E-state index contributed by atoms with van der Waals surface area (Å²) in [6.45, 7) is 3.35. The van der Waals surface area contributed by atoms with Crippen molar-refractivity contribution in [3.8, 4) is 0 Å². The van der Waals surface area contributed by atoms with Crippen LogP contribution in [-0.2, 0) is 6.42 Å². The molecule has 0 radical (unpaired) electrons. The summed E-state index contributed by atoms with van der Waals surface area (Å²) in [5.41, 5.74) is 2.16. The zero-order chi connectivity index (χ0) is 23.4. The second kappa shape index (κ2) is 9.95. The lowest BCUT2D eigenvalue weighted by molar-refractivity contribution is -0.402. The van der Waals surface area contributed by atoms with Gasteiger partial charge in [-0.3, -0.25) is 24.7 Å². The van der Waals surface area contributed by atoms with Gasteiger partial charge in [0.15, 0.2) is 5.76 Å². The Balaban J connectivity index is 1.40. The average Bonchev–Trinajstić information content (AvgIpc) is 3.51. The molecule has 0 unspecified atom stereocenters. The molecule has 1 aliphatic heterocycles. The number of likely N-dealkylation sites (tertiary alicyclic amines) is 1. The highest BCUT2D eigenvalue weighted by molar-refractivity contribution is 7.09. The Kier molecular flexibility index (Phi) is 6.83. The summed E-state index contributed by atoms with van der Waals surface area (Å²) in [5.74, 6) is -0.967. The van der Waals surface area contributed by atoms with Crippen LogP contribution in [0, 0.1) is 17.0 Å².